The number of aryl methyl sites for hydroxylation is 1. The predicted molar refractivity (Wildman–Crippen MR) is 80.2 cm³/mol. The van der Waals surface area contributed by atoms with Crippen molar-refractivity contribution < 1.29 is 4.79 Å². The van der Waals surface area contributed by atoms with Gasteiger partial charge in [-0.1, -0.05) is 42.3 Å². The van der Waals surface area contributed by atoms with E-state index in [1.807, 2.05) is 24.3 Å². The van der Waals surface area contributed by atoms with Crippen LogP contribution in [0.5, 0.6) is 0 Å². The molecule has 98 valence electrons. The third-order valence-electron chi connectivity index (χ3n) is 2.80. The highest BCUT2D eigenvalue weighted by Gasteiger charge is 2.10. The zero-order valence-corrected chi connectivity index (χ0v) is 11.9. The number of amides is 1. The zero-order chi connectivity index (χ0) is 13.8. The number of hydrogen-bond acceptors (Lipinski definition) is 1. The van der Waals surface area contributed by atoms with Crippen molar-refractivity contribution in [3.8, 4) is 0 Å². The minimum absolute atomic E-state index is 0.245. The molecule has 0 aliphatic rings. The van der Waals surface area contributed by atoms with Crippen molar-refractivity contribution >= 4 is 34.8 Å². The highest BCUT2D eigenvalue weighted by atomic mass is 35.5. The standard InChI is InChI=1S/C15H13Cl2NO/c1-2-10-3-6-12(7-4-10)18-15(19)13-8-5-11(16)9-14(13)17/h3-9H,2H2,1H3,(H,18,19). The third-order valence-corrected chi connectivity index (χ3v) is 3.34. The summed E-state index contributed by atoms with van der Waals surface area (Å²) in [4.78, 5) is 12.1. The number of carbonyl (C=O) groups is 1. The van der Waals surface area contributed by atoms with Gasteiger partial charge >= 0.3 is 0 Å². The van der Waals surface area contributed by atoms with Gasteiger partial charge in [0.1, 0.15) is 0 Å². The van der Waals surface area contributed by atoms with E-state index in [-0.39, 0.29) is 5.91 Å². The lowest BCUT2D eigenvalue weighted by molar-refractivity contribution is 0.102. The van der Waals surface area contributed by atoms with Gasteiger partial charge in [-0.25, -0.2) is 0 Å². The Hall–Kier alpha value is -1.51. The van der Waals surface area contributed by atoms with Crippen LogP contribution in [0.15, 0.2) is 42.5 Å². The number of rotatable bonds is 3. The predicted octanol–water partition coefficient (Wildman–Crippen LogP) is 4.81. The van der Waals surface area contributed by atoms with Gasteiger partial charge in [-0.15, -0.1) is 0 Å². The number of anilines is 1. The average Bonchev–Trinajstić information content (AvgIpc) is 2.39. The number of halogens is 2. The molecule has 1 amide bonds. The SMILES string of the molecule is CCc1ccc(NC(=O)c2ccc(Cl)cc2Cl)cc1. The fourth-order valence-corrected chi connectivity index (χ4v) is 2.19. The van der Waals surface area contributed by atoms with Crippen molar-refractivity contribution in [2.75, 3.05) is 5.32 Å². The highest BCUT2D eigenvalue weighted by Crippen LogP contribution is 2.22. The van der Waals surface area contributed by atoms with E-state index in [0.717, 1.165) is 12.1 Å². The summed E-state index contributed by atoms with van der Waals surface area (Å²) in [6.45, 7) is 2.08. The van der Waals surface area contributed by atoms with E-state index < -0.39 is 0 Å². The van der Waals surface area contributed by atoms with Gasteiger partial charge in [-0.2, -0.15) is 0 Å². The molecule has 2 aromatic carbocycles. The summed E-state index contributed by atoms with van der Waals surface area (Å²) in [5, 5.41) is 3.65. The van der Waals surface area contributed by atoms with Crippen LogP contribution in [0.1, 0.15) is 22.8 Å². The van der Waals surface area contributed by atoms with Gasteiger partial charge < -0.3 is 5.32 Å². The van der Waals surface area contributed by atoms with E-state index >= 15 is 0 Å². The highest BCUT2D eigenvalue weighted by molar-refractivity contribution is 6.37. The van der Waals surface area contributed by atoms with Gasteiger partial charge in [0.15, 0.2) is 0 Å². The largest absolute Gasteiger partial charge is 0.322 e. The van der Waals surface area contributed by atoms with Gasteiger partial charge in [-0.3, -0.25) is 4.79 Å². The second-order valence-corrected chi connectivity index (χ2v) is 4.97. The summed E-state index contributed by atoms with van der Waals surface area (Å²) in [7, 11) is 0. The Morgan fingerprint density at radius 3 is 2.37 bits per heavy atom. The van der Waals surface area contributed by atoms with Crippen LogP contribution in [0.2, 0.25) is 10.0 Å². The topological polar surface area (TPSA) is 29.1 Å². The quantitative estimate of drug-likeness (QED) is 0.865. The van der Waals surface area contributed by atoms with Crippen molar-refractivity contribution in [1.29, 1.82) is 0 Å². The second-order valence-electron chi connectivity index (χ2n) is 4.13. The molecule has 0 aromatic heterocycles. The summed E-state index contributed by atoms with van der Waals surface area (Å²) in [5.41, 5.74) is 2.38. The molecule has 2 aromatic rings. The summed E-state index contributed by atoms with van der Waals surface area (Å²) >= 11 is 11.8. The van der Waals surface area contributed by atoms with Crippen molar-refractivity contribution in [2.45, 2.75) is 13.3 Å². The maximum absolute atomic E-state index is 12.1. The minimum Gasteiger partial charge on any atom is -0.322 e. The molecule has 4 heteroatoms. The number of nitrogens with one attached hydrogen (secondary N) is 1. The molecule has 0 aliphatic carbocycles. The lowest BCUT2D eigenvalue weighted by atomic mass is 10.1. The van der Waals surface area contributed by atoms with Gasteiger partial charge in [0.25, 0.3) is 5.91 Å². The van der Waals surface area contributed by atoms with Crippen LogP contribution in [0.25, 0.3) is 0 Å². The first-order valence-electron chi connectivity index (χ1n) is 5.95. The van der Waals surface area contributed by atoms with Crippen LogP contribution >= 0.6 is 23.2 Å². The molecule has 0 unspecified atom stereocenters. The maximum atomic E-state index is 12.1. The van der Waals surface area contributed by atoms with Gasteiger partial charge in [0.2, 0.25) is 0 Å². The second kappa shape index (κ2) is 6.09. The molecular weight excluding hydrogens is 281 g/mol. The number of hydrogen-bond donors (Lipinski definition) is 1. The lowest BCUT2D eigenvalue weighted by Crippen LogP contribution is -2.12. The Morgan fingerprint density at radius 1 is 1.11 bits per heavy atom. The van der Waals surface area contributed by atoms with E-state index in [1.54, 1.807) is 18.2 Å². The van der Waals surface area contributed by atoms with Crippen molar-refractivity contribution in [3.63, 3.8) is 0 Å². The molecule has 0 heterocycles. The molecule has 0 fully saturated rings. The van der Waals surface area contributed by atoms with Crippen LogP contribution in [0, 0.1) is 0 Å². The van der Waals surface area contributed by atoms with E-state index in [0.29, 0.717) is 15.6 Å². The molecule has 19 heavy (non-hydrogen) atoms. The number of benzene rings is 2. The molecule has 2 rings (SSSR count). The van der Waals surface area contributed by atoms with Gasteiger partial charge in [0, 0.05) is 10.7 Å². The van der Waals surface area contributed by atoms with Crippen LogP contribution in [0.3, 0.4) is 0 Å². The molecule has 0 spiro atoms. The van der Waals surface area contributed by atoms with Crippen molar-refractivity contribution in [2.24, 2.45) is 0 Å². The lowest BCUT2D eigenvalue weighted by Gasteiger charge is -2.07. The van der Waals surface area contributed by atoms with Crippen molar-refractivity contribution in [3.05, 3.63) is 63.6 Å². The normalized spacial score (nSPS) is 10.3. The molecular formula is C15H13Cl2NO. The summed E-state index contributed by atoms with van der Waals surface area (Å²) in [6.07, 6.45) is 0.969. The first-order valence-corrected chi connectivity index (χ1v) is 6.71. The third kappa shape index (κ3) is 3.49. The fraction of sp³-hybridized carbons (Fsp3) is 0.133. The average molecular weight is 294 g/mol. The zero-order valence-electron chi connectivity index (χ0n) is 10.4. The maximum Gasteiger partial charge on any atom is 0.257 e. The van der Waals surface area contributed by atoms with Crippen molar-refractivity contribution in [1.82, 2.24) is 0 Å². The number of carbonyl (C=O) groups excluding carboxylic acids is 1. The van der Waals surface area contributed by atoms with E-state index in [2.05, 4.69) is 12.2 Å². The Bertz CT molecular complexity index is 594. The van der Waals surface area contributed by atoms with Crippen LogP contribution in [-0.2, 0) is 6.42 Å². The van der Waals surface area contributed by atoms with Gasteiger partial charge in [-0.05, 0) is 42.3 Å². The summed E-state index contributed by atoms with van der Waals surface area (Å²) in [6, 6.07) is 12.5. The first kappa shape index (κ1) is 13.9. The molecule has 0 atom stereocenters. The fourth-order valence-electron chi connectivity index (χ4n) is 1.70. The Labute approximate surface area is 122 Å². The summed E-state index contributed by atoms with van der Waals surface area (Å²) < 4.78 is 0. The smallest absolute Gasteiger partial charge is 0.257 e. The Balaban J connectivity index is 2.15. The Kier molecular flexibility index (Phi) is 4.46. The summed E-state index contributed by atoms with van der Waals surface area (Å²) in [5.74, 6) is -0.245. The molecule has 0 bridgehead atoms. The van der Waals surface area contributed by atoms with E-state index in [9.17, 15) is 4.79 Å². The van der Waals surface area contributed by atoms with E-state index in [1.165, 1.54) is 5.56 Å². The molecule has 0 saturated carbocycles. The molecule has 1 N–H and O–H groups in total. The minimum atomic E-state index is -0.245. The molecule has 0 saturated heterocycles. The monoisotopic (exact) mass is 293 g/mol. The van der Waals surface area contributed by atoms with Gasteiger partial charge in [0.05, 0.1) is 10.6 Å². The first-order chi connectivity index (χ1) is 9.10. The van der Waals surface area contributed by atoms with Crippen LogP contribution in [0.4, 0.5) is 5.69 Å². The van der Waals surface area contributed by atoms with E-state index in [4.69, 9.17) is 23.2 Å². The molecule has 0 aliphatic heterocycles. The Morgan fingerprint density at radius 2 is 1.79 bits per heavy atom. The van der Waals surface area contributed by atoms with Crippen LogP contribution < -0.4 is 5.32 Å². The molecule has 0 radical (unpaired) electrons. The molecule has 2 nitrogen and oxygen atoms in total. The van der Waals surface area contributed by atoms with Crippen LogP contribution in [-0.4, -0.2) is 5.91 Å².